The van der Waals surface area contributed by atoms with Crippen LogP contribution < -0.4 is 4.90 Å². The molecular weight excluding hydrogens is 341 g/mol. The molecule has 0 aromatic heterocycles. The van der Waals surface area contributed by atoms with Crippen LogP contribution in [0.4, 0.5) is 18.9 Å². The van der Waals surface area contributed by atoms with Gasteiger partial charge in [0.15, 0.2) is 0 Å². The number of carbonyl (C=O) groups excluding carboxylic acids is 1. The van der Waals surface area contributed by atoms with Gasteiger partial charge in [-0.05, 0) is 43.7 Å². The van der Waals surface area contributed by atoms with Crippen molar-refractivity contribution < 1.29 is 18.0 Å². The lowest BCUT2D eigenvalue weighted by Gasteiger charge is -2.36. The Balaban J connectivity index is 1.68. The largest absolute Gasteiger partial charge is 0.416 e. The summed E-state index contributed by atoms with van der Waals surface area (Å²) < 4.78 is 38.7. The van der Waals surface area contributed by atoms with E-state index >= 15 is 0 Å². The Labute approximate surface area is 151 Å². The number of halogens is 3. The lowest BCUT2D eigenvalue weighted by Crippen LogP contribution is -2.49. The number of hydrogen-bond donors (Lipinski definition) is 0. The molecule has 6 heteroatoms. The third kappa shape index (κ3) is 3.84. The van der Waals surface area contributed by atoms with E-state index in [4.69, 9.17) is 0 Å². The Bertz CT molecular complexity index is 809. The molecule has 0 unspecified atom stereocenters. The fourth-order valence-electron chi connectivity index (χ4n) is 3.27. The summed E-state index contributed by atoms with van der Waals surface area (Å²) in [6.07, 6.45) is -4.35. The third-order valence-corrected chi connectivity index (χ3v) is 4.72. The Morgan fingerprint density at radius 2 is 1.65 bits per heavy atom. The minimum atomic E-state index is -4.35. The highest BCUT2D eigenvalue weighted by Crippen LogP contribution is 2.32. The summed E-state index contributed by atoms with van der Waals surface area (Å²) in [5, 5.41) is 0. The average Bonchev–Trinajstić information content (AvgIpc) is 2.61. The van der Waals surface area contributed by atoms with Gasteiger partial charge in [-0.15, -0.1) is 0 Å². The summed E-state index contributed by atoms with van der Waals surface area (Å²) in [6, 6.07) is 11.1. The van der Waals surface area contributed by atoms with E-state index in [9.17, 15) is 18.0 Å². The Morgan fingerprint density at radius 3 is 2.27 bits per heavy atom. The van der Waals surface area contributed by atoms with Crippen molar-refractivity contribution in [3.8, 4) is 0 Å². The number of nitrogens with zero attached hydrogens (tertiary/aromatic N) is 2. The van der Waals surface area contributed by atoms with E-state index in [0.29, 0.717) is 37.4 Å². The molecule has 1 aliphatic heterocycles. The van der Waals surface area contributed by atoms with E-state index in [2.05, 4.69) is 0 Å². The Kier molecular flexibility index (Phi) is 4.94. The molecule has 0 bridgehead atoms. The van der Waals surface area contributed by atoms with Crippen LogP contribution in [0, 0.1) is 13.8 Å². The number of alkyl halides is 3. The maximum Gasteiger partial charge on any atom is 0.416 e. The molecule has 0 radical (unpaired) electrons. The van der Waals surface area contributed by atoms with Gasteiger partial charge in [0.05, 0.1) is 5.56 Å². The summed E-state index contributed by atoms with van der Waals surface area (Å²) in [5.41, 5.74) is 2.62. The molecule has 1 heterocycles. The summed E-state index contributed by atoms with van der Waals surface area (Å²) in [5.74, 6) is -0.0220. The summed E-state index contributed by atoms with van der Waals surface area (Å²) in [7, 11) is 0. The second-order valence-electron chi connectivity index (χ2n) is 6.65. The minimum absolute atomic E-state index is 0.0220. The zero-order chi connectivity index (χ0) is 18.9. The first-order valence-electron chi connectivity index (χ1n) is 8.54. The Hall–Kier alpha value is -2.50. The van der Waals surface area contributed by atoms with Gasteiger partial charge in [-0.1, -0.05) is 23.8 Å². The highest BCUT2D eigenvalue weighted by atomic mass is 19.4. The fraction of sp³-hybridized carbons (Fsp3) is 0.350. The van der Waals surface area contributed by atoms with Gasteiger partial charge >= 0.3 is 6.18 Å². The highest BCUT2D eigenvalue weighted by molar-refractivity contribution is 5.95. The minimum Gasteiger partial charge on any atom is -0.368 e. The van der Waals surface area contributed by atoms with Crippen LogP contribution in [-0.4, -0.2) is 37.0 Å². The lowest BCUT2D eigenvalue weighted by atomic mass is 10.0. The van der Waals surface area contributed by atoms with Crippen LogP contribution in [0.1, 0.15) is 27.0 Å². The van der Waals surface area contributed by atoms with Crippen LogP contribution in [0.3, 0.4) is 0 Å². The molecule has 0 N–H and O–H groups in total. The first kappa shape index (κ1) is 18.3. The van der Waals surface area contributed by atoms with Gasteiger partial charge in [0.25, 0.3) is 5.91 Å². The first-order valence-corrected chi connectivity index (χ1v) is 8.54. The van der Waals surface area contributed by atoms with Crippen molar-refractivity contribution in [2.45, 2.75) is 20.0 Å². The average molecular weight is 362 g/mol. The van der Waals surface area contributed by atoms with Crippen LogP contribution >= 0.6 is 0 Å². The van der Waals surface area contributed by atoms with E-state index in [-0.39, 0.29) is 5.91 Å². The van der Waals surface area contributed by atoms with E-state index in [1.807, 2.05) is 36.9 Å². The lowest BCUT2D eigenvalue weighted by molar-refractivity contribution is -0.137. The smallest absolute Gasteiger partial charge is 0.368 e. The molecule has 0 saturated carbocycles. The number of piperazine rings is 1. The molecule has 0 atom stereocenters. The van der Waals surface area contributed by atoms with Crippen LogP contribution in [0.5, 0.6) is 0 Å². The van der Waals surface area contributed by atoms with Gasteiger partial charge in [-0.3, -0.25) is 4.79 Å². The van der Waals surface area contributed by atoms with Gasteiger partial charge in [-0.2, -0.15) is 13.2 Å². The number of benzene rings is 2. The van der Waals surface area contributed by atoms with Gasteiger partial charge < -0.3 is 9.80 Å². The molecule has 26 heavy (non-hydrogen) atoms. The topological polar surface area (TPSA) is 23.6 Å². The summed E-state index contributed by atoms with van der Waals surface area (Å²) in [6.45, 7) is 5.90. The molecule has 138 valence electrons. The van der Waals surface area contributed by atoms with Gasteiger partial charge in [0.2, 0.25) is 0 Å². The molecule has 2 aromatic rings. The fourth-order valence-corrected chi connectivity index (χ4v) is 3.27. The van der Waals surface area contributed by atoms with E-state index in [1.165, 1.54) is 12.1 Å². The Morgan fingerprint density at radius 1 is 0.962 bits per heavy atom. The number of anilines is 1. The molecule has 1 fully saturated rings. The summed E-state index contributed by atoms with van der Waals surface area (Å²) >= 11 is 0. The van der Waals surface area contributed by atoms with Crippen molar-refractivity contribution in [2.75, 3.05) is 31.1 Å². The number of amides is 1. The molecule has 0 aliphatic carbocycles. The maximum atomic E-state index is 12.9. The van der Waals surface area contributed by atoms with Crippen molar-refractivity contribution in [1.82, 2.24) is 4.90 Å². The first-order chi connectivity index (χ1) is 12.3. The predicted octanol–water partition coefficient (Wildman–Crippen LogP) is 4.28. The SMILES string of the molecule is Cc1ccc(C(=O)N2CCN(c3cccc(C(F)(F)F)c3)CC2)c(C)c1. The second-order valence-corrected chi connectivity index (χ2v) is 6.65. The zero-order valence-electron chi connectivity index (χ0n) is 14.8. The van der Waals surface area contributed by atoms with Crippen molar-refractivity contribution >= 4 is 11.6 Å². The van der Waals surface area contributed by atoms with Crippen LogP contribution in [0.15, 0.2) is 42.5 Å². The monoisotopic (exact) mass is 362 g/mol. The van der Waals surface area contributed by atoms with Crippen molar-refractivity contribution in [3.05, 3.63) is 64.7 Å². The van der Waals surface area contributed by atoms with Crippen LogP contribution in [0.2, 0.25) is 0 Å². The molecule has 3 nitrogen and oxygen atoms in total. The number of hydrogen-bond acceptors (Lipinski definition) is 2. The van der Waals surface area contributed by atoms with Gasteiger partial charge in [-0.25, -0.2) is 0 Å². The molecule has 3 rings (SSSR count). The van der Waals surface area contributed by atoms with Crippen molar-refractivity contribution in [2.24, 2.45) is 0 Å². The third-order valence-electron chi connectivity index (χ3n) is 4.72. The van der Waals surface area contributed by atoms with Crippen molar-refractivity contribution in [1.29, 1.82) is 0 Å². The number of aryl methyl sites for hydroxylation is 2. The molecule has 1 saturated heterocycles. The highest BCUT2D eigenvalue weighted by Gasteiger charge is 2.31. The van der Waals surface area contributed by atoms with Gasteiger partial charge in [0.1, 0.15) is 0 Å². The van der Waals surface area contributed by atoms with E-state index < -0.39 is 11.7 Å². The van der Waals surface area contributed by atoms with Gasteiger partial charge in [0, 0.05) is 37.4 Å². The zero-order valence-corrected chi connectivity index (χ0v) is 14.8. The molecule has 1 aliphatic rings. The molecule has 2 aromatic carbocycles. The quantitative estimate of drug-likeness (QED) is 0.796. The van der Waals surface area contributed by atoms with E-state index in [1.54, 1.807) is 11.0 Å². The van der Waals surface area contributed by atoms with Crippen LogP contribution in [-0.2, 0) is 6.18 Å². The molecule has 0 spiro atoms. The van der Waals surface area contributed by atoms with Crippen molar-refractivity contribution in [3.63, 3.8) is 0 Å². The maximum absolute atomic E-state index is 12.9. The van der Waals surface area contributed by atoms with Crippen LogP contribution in [0.25, 0.3) is 0 Å². The predicted molar refractivity (Wildman–Crippen MR) is 95.5 cm³/mol. The number of rotatable bonds is 2. The summed E-state index contributed by atoms with van der Waals surface area (Å²) in [4.78, 5) is 16.4. The van der Waals surface area contributed by atoms with E-state index in [0.717, 1.165) is 17.2 Å². The molecular formula is C20H21F3N2O. The second kappa shape index (κ2) is 7.02. The molecule has 1 amide bonds. The normalized spacial score (nSPS) is 15.3. The standard InChI is InChI=1S/C20H21F3N2O/c1-14-6-7-18(15(2)12-14)19(26)25-10-8-24(9-11-25)17-5-3-4-16(13-17)20(21,22)23/h3-7,12-13H,8-11H2,1-2H3. The number of carbonyl (C=O) groups is 1.